The number of allylic oxidation sites excluding steroid dienone is 7. The van der Waals surface area contributed by atoms with Crippen LogP contribution < -0.4 is 8.01 Å². The van der Waals surface area contributed by atoms with Crippen LogP contribution in [-0.2, 0) is 11.8 Å². The minimum Gasteiger partial charge on any atom is -0.338 e. The van der Waals surface area contributed by atoms with Gasteiger partial charge in [-0.1, -0.05) is 128 Å². The first-order valence-electron chi connectivity index (χ1n) is 13.6. The van der Waals surface area contributed by atoms with E-state index in [0.29, 0.717) is 0 Å². The Hall–Kier alpha value is -3.35. The molecule has 0 radical (unpaired) electrons. The third-order valence-electron chi connectivity index (χ3n) is 7.63. The fourth-order valence-corrected chi connectivity index (χ4v) is 9.48. The van der Waals surface area contributed by atoms with E-state index >= 15 is 0 Å². The molecule has 0 bridgehead atoms. The lowest BCUT2D eigenvalue weighted by molar-refractivity contribution is 0.651. The fraction of sp³-hybridized carbons (Fsp3) is 0.139. The minimum absolute atomic E-state index is 0.0682. The zero-order valence-corrected chi connectivity index (χ0v) is 26.1. The van der Waals surface area contributed by atoms with E-state index < -0.39 is 0 Å². The molecule has 2 nitrogen and oxygen atoms in total. The quantitative estimate of drug-likeness (QED) is 0.116. The van der Waals surface area contributed by atoms with Gasteiger partial charge in [0.05, 0.1) is 10.7 Å². The van der Waals surface area contributed by atoms with Crippen molar-refractivity contribution in [2.24, 2.45) is 0 Å². The van der Waals surface area contributed by atoms with Crippen LogP contribution in [0.4, 0.5) is 11.4 Å². The molecule has 2 heterocycles. The Morgan fingerprint density at radius 1 is 0.750 bits per heavy atom. The largest absolute Gasteiger partial charge is 0.338 e. The predicted octanol–water partition coefficient (Wildman–Crippen LogP) is 9.60. The van der Waals surface area contributed by atoms with Gasteiger partial charge in [-0.2, -0.15) is 0 Å². The highest BCUT2D eigenvalue weighted by molar-refractivity contribution is 14.2. The van der Waals surface area contributed by atoms with E-state index in [4.69, 9.17) is 0 Å². The number of thioether (sulfide) groups is 1. The van der Waals surface area contributed by atoms with Gasteiger partial charge in [0.2, 0.25) is 0 Å². The van der Waals surface area contributed by atoms with Gasteiger partial charge in [0.15, 0.2) is 0 Å². The molecule has 0 aromatic heterocycles. The summed E-state index contributed by atoms with van der Waals surface area (Å²) < 4.78 is 4.05. The number of hydrogen-bond donors (Lipinski definition) is 0. The summed E-state index contributed by atoms with van der Waals surface area (Å²) >= 11 is 1.50. The average Bonchev–Trinajstić information content (AvgIpc) is 3.30. The van der Waals surface area contributed by atoms with Crippen molar-refractivity contribution in [3.8, 4) is 0 Å². The van der Waals surface area contributed by atoms with Crippen molar-refractivity contribution < 1.29 is 0 Å². The van der Waals surface area contributed by atoms with Gasteiger partial charge in [0.1, 0.15) is 0 Å². The highest BCUT2D eigenvalue weighted by Gasteiger charge is 2.38. The molecule has 4 heteroatoms. The van der Waals surface area contributed by atoms with Crippen molar-refractivity contribution in [3.63, 3.8) is 0 Å². The standard InChI is InChI=1S/C36H33IN2S/c1-36(26-27-16-8-7-9-17-27)33(37-39(3)31-25-24-28-18-12-13-19-29(28)35(31)36)22-10-5-4-6-11-23-34-38(2)30-20-14-15-21-32(30)40-34/h4-25H,26H2,1-3H3/b5-4+,11-6+,22-10+,34-23-. The van der Waals surface area contributed by atoms with Gasteiger partial charge in [-0.05, 0) is 52.6 Å². The topological polar surface area (TPSA) is 6.48 Å². The molecule has 40 heavy (non-hydrogen) atoms. The van der Waals surface area contributed by atoms with Gasteiger partial charge in [-0.15, -0.1) is 0 Å². The molecule has 0 N–H and O–H groups in total. The number of para-hydroxylation sites is 1. The minimum atomic E-state index is -0.318. The normalized spacial score (nSPS) is 20.0. The Bertz CT molecular complexity index is 1700. The van der Waals surface area contributed by atoms with Crippen LogP contribution in [-0.4, -0.2) is 17.6 Å². The molecule has 4 aromatic carbocycles. The monoisotopic (exact) mass is 652 g/mol. The van der Waals surface area contributed by atoms with E-state index in [0.717, 1.165) is 6.42 Å². The van der Waals surface area contributed by atoms with Crippen molar-refractivity contribution in [2.45, 2.75) is 23.7 Å². The molecule has 0 saturated heterocycles. The zero-order valence-electron chi connectivity index (χ0n) is 23.1. The number of nitrogens with zero attached hydrogens (tertiary/aromatic N) is 2. The molecule has 0 amide bonds. The molecule has 0 fully saturated rings. The van der Waals surface area contributed by atoms with Crippen LogP contribution in [0, 0.1) is 0 Å². The second-order valence-electron chi connectivity index (χ2n) is 10.3. The molecule has 0 saturated carbocycles. The number of benzene rings is 4. The molecule has 200 valence electrons. The maximum atomic E-state index is 2.51. The number of anilines is 2. The predicted molar refractivity (Wildman–Crippen MR) is 185 cm³/mol. The number of fused-ring (bicyclic) bond motifs is 4. The third-order valence-corrected chi connectivity index (χ3v) is 12.1. The molecule has 0 aliphatic carbocycles. The van der Waals surface area contributed by atoms with Crippen LogP contribution in [0.3, 0.4) is 0 Å². The summed E-state index contributed by atoms with van der Waals surface area (Å²) in [5, 5.41) is 3.92. The zero-order chi connectivity index (χ0) is 27.5. The first-order chi connectivity index (χ1) is 19.5. The van der Waals surface area contributed by atoms with E-state index in [9.17, 15) is 0 Å². The SMILES string of the molecule is CN1I=C(/C=C/C=C/C=C/C=C2\Sc3ccccc3N2C)C(C)(Cc2ccccc2)c2c1ccc1ccccc21. The van der Waals surface area contributed by atoms with Crippen LogP contribution in [0.2, 0.25) is 0 Å². The Kier molecular flexibility index (Phi) is 7.81. The van der Waals surface area contributed by atoms with Gasteiger partial charge in [-0.25, -0.2) is 0 Å². The van der Waals surface area contributed by atoms with Gasteiger partial charge in [0.25, 0.3) is 0 Å². The van der Waals surface area contributed by atoms with Crippen LogP contribution in [0.5, 0.6) is 0 Å². The molecule has 1 unspecified atom stereocenters. The lowest BCUT2D eigenvalue weighted by atomic mass is 9.72. The number of rotatable bonds is 6. The Morgan fingerprint density at radius 2 is 1.48 bits per heavy atom. The molecule has 2 aliphatic heterocycles. The Labute approximate surface area is 252 Å². The van der Waals surface area contributed by atoms with Crippen LogP contribution in [0.1, 0.15) is 18.1 Å². The third kappa shape index (κ3) is 5.23. The summed E-state index contributed by atoms with van der Waals surface area (Å²) in [4.78, 5) is 3.57. The van der Waals surface area contributed by atoms with Crippen LogP contribution in [0.15, 0.2) is 143 Å². The number of hydrogen-bond acceptors (Lipinski definition) is 3. The smallest absolute Gasteiger partial charge is 0.0798 e. The van der Waals surface area contributed by atoms with Crippen molar-refractivity contribution >= 4 is 58.4 Å². The Balaban J connectivity index is 1.27. The maximum absolute atomic E-state index is 2.51. The second kappa shape index (κ2) is 11.6. The highest BCUT2D eigenvalue weighted by atomic mass is 127. The average molecular weight is 653 g/mol. The van der Waals surface area contributed by atoms with Crippen LogP contribution >= 0.6 is 32.8 Å². The van der Waals surface area contributed by atoms with Crippen molar-refractivity contribution in [1.82, 2.24) is 0 Å². The lowest BCUT2D eigenvalue weighted by Crippen LogP contribution is -2.38. The molecular formula is C36H33IN2S. The van der Waals surface area contributed by atoms with Crippen LogP contribution in [0.25, 0.3) is 10.8 Å². The summed E-state index contributed by atoms with van der Waals surface area (Å²) in [6.45, 7) is 2.46. The van der Waals surface area contributed by atoms with Crippen molar-refractivity contribution in [2.75, 3.05) is 22.1 Å². The summed E-state index contributed by atoms with van der Waals surface area (Å²) in [6.07, 6.45) is 16.3. The summed E-state index contributed by atoms with van der Waals surface area (Å²) in [5.41, 5.74) is 5.42. The summed E-state index contributed by atoms with van der Waals surface area (Å²) in [6, 6.07) is 33.0. The van der Waals surface area contributed by atoms with Gasteiger partial charge in [0, 0.05) is 54.6 Å². The van der Waals surface area contributed by atoms with E-state index in [2.05, 4.69) is 163 Å². The van der Waals surface area contributed by atoms with E-state index in [1.54, 1.807) is 3.51 Å². The van der Waals surface area contributed by atoms with E-state index in [1.807, 2.05) is 11.8 Å². The first-order valence-corrected chi connectivity index (χ1v) is 16.5. The molecule has 1 atom stereocenters. The first kappa shape index (κ1) is 26.9. The molecule has 0 spiro atoms. The summed E-state index contributed by atoms with van der Waals surface area (Å²) in [7, 11) is 4.39. The number of halogens is 1. The highest BCUT2D eigenvalue weighted by Crippen LogP contribution is 2.48. The summed E-state index contributed by atoms with van der Waals surface area (Å²) in [5.74, 6) is 0. The molecular weight excluding hydrogens is 619 g/mol. The molecule has 2 aliphatic rings. The Morgan fingerprint density at radius 3 is 2.33 bits per heavy atom. The van der Waals surface area contributed by atoms with Gasteiger partial charge in [-0.3, -0.25) is 0 Å². The van der Waals surface area contributed by atoms with Gasteiger partial charge < -0.3 is 8.01 Å². The maximum Gasteiger partial charge on any atom is 0.0798 e. The fourth-order valence-electron chi connectivity index (χ4n) is 5.62. The molecule has 6 rings (SSSR count). The molecule has 4 aromatic rings. The van der Waals surface area contributed by atoms with Crippen molar-refractivity contribution in [1.29, 1.82) is 0 Å². The van der Waals surface area contributed by atoms with E-state index in [1.165, 1.54) is 43.2 Å². The lowest BCUT2D eigenvalue weighted by Gasteiger charge is -2.40. The van der Waals surface area contributed by atoms with E-state index in [-0.39, 0.29) is 26.4 Å². The second-order valence-corrected chi connectivity index (χ2v) is 14.5. The van der Waals surface area contributed by atoms with Crippen molar-refractivity contribution in [3.05, 3.63) is 150 Å². The van der Waals surface area contributed by atoms with Gasteiger partial charge >= 0.3 is 0 Å².